The van der Waals surface area contributed by atoms with Crippen LogP contribution < -0.4 is 10.0 Å². The number of nitrogens with one attached hydrogen (secondary N) is 2. The van der Waals surface area contributed by atoms with E-state index in [0.717, 1.165) is 53.4 Å². The number of likely N-dealkylation sites (tertiary alicyclic amines) is 1. The number of sulfonamides is 1. The Hall–Kier alpha value is -1.44. The van der Waals surface area contributed by atoms with Crippen molar-refractivity contribution in [2.24, 2.45) is 5.92 Å². The molecule has 7 heteroatoms. The van der Waals surface area contributed by atoms with Crippen molar-refractivity contribution in [3.05, 3.63) is 27.8 Å². The van der Waals surface area contributed by atoms with E-state index in [1.54, 1.807) is 0 Å². The van der Waals surface area contributed by atoms with Crippen molar-refractivity contribution in [1.29, 1.82) is 0 Å². The lowest BCUT2D eigenvalue weighted by atomic mass is 9.95. The van der Waals surface area contributed by atoms with Crippen molar-refractivity contribution in [3.63, 3.8) is 0 Å². The van der Waals surface area contributed by atoms with Gasteiger partial charge in [0.2, 0.25) is 15.9 Å². The first-order valence-electron chi connectivity index (χ1n) is 10.6. The number of hydrogen-bond acceptors (Lipinski definition) is 4. The van der Waals surface area contributed by atoms with Crippen LogP contribution in [0.5, 0.6) is 0 Å². The smallest absolute Gasteiger partial charge is 0.241 e. The maximum absolute atomic E-state index is 12.9. The van der Waals surface area contributed by atoms with E-state index in [4.69, 9.17) is 0 Å². The molecule has 0 bridgehead atoms. The standard InChI is InChI=1S/C22H37N3O3S/c1-15-8-7-12-25(14-15)13-11-23-21(26)9-10-24-29(27,28)22-19(5)17(3)16(2)18(4)20(22)6/h15,24H,7-14H2,1-6H3,(H,23,26). The van der Waals surface area contributed by atoms with Crippen LogP contribution in [-0.4, -0.2) is 51.9 Å². The Morgan fingerprint density at radius 2 is 1.59 bits per heavy atom. The van der Waals surface area contributed by atoms with Crippen molar-refractivity contribution >= 4 is 15.9 Å². The summed E-state index contributed by atoms with van der Waals surface area (Å²) in [4.78, 5) is 14.8. The largest absolute Gasteiger partial charge is 0.355 e. The lowest BCUT2D eigenvalue weighted by Gasteiger charge is -2.30. The summed E-state index contributed by atoms with van der Waals surface area (Å²) in [7, 11) is -3.66. The van der Waals surface area contributed by atoms with E-state index in [9.17, 15) is 13.2 Å². The van der Waals surface area contributed by atoms with Gasteiger partial charge in [-0.25, -0.2) is 13.1 Å². The number of benzene rings is 1. The summed E-state index contributed by atoms with van der Waals surface area (Å²) in [5.74, 6) is 0.595. The molecule has 1 aromatic carbocycles. The Labute approximate surface area is 176 Å². The molecule has 1 aliphatic heterocycles. The lowest BCUT2D eigenvalue weighted by molar-refractivity contribution is -0.121. The third-order valence-corrected chi connectivity index (χ3v) is 8.07. The number of piperidine rings is 1. The second kappa shape index (κ2) is 10.0. The molecule has 0 spiro atoms. The van der Waals surface area contributed by atoms with Gasteiger partial charge in [0, 0.05) is 32.6 Å². The molecule has 0 aromatic heterocycles. The van der Waals surface area contributed by atoms with Gasteiger partial charge in [-0.15, -0.1) is 0 Å². The number of carbonyl (C=O) groups excluding carboxylic acids is 1. The van der Waals surface area contributed by atoms with Crippen LogP contribution in [0, 0.1) is 40.5 Å². The van der Waals surface area contributed by atoms with Crippen molar-refractivity contribution in [1.82, 2.24) is 14.9 Å². The monoisotopic (exact) mass is 423 g/mol. The van der Waals surface area contributed by atoms with Crippen molar-refractivity contribution in [2.45, 2.75) is 65.7 Å². The predicted octanol–water partition coefficient (Wildman–Crippen LogP) is 2.75. The molecule has 0 radical (unpaired) electrons. The van der Waals surface area contributed by atoms with Crippen molar-refractivity contribution in [3.8, 4) is 0 Å². The normalized spacial score (nSPS) is 18.1. The summed E-state index contributed by atoms with van der Waals surface area (Å²) < 4.78 is 28.4. The molecule has 1 saturated heterocycles. The number of nitrogens with zero attached hydrogens (tertiary/aromatic N) is 1. The molecule has 2 N–H and O–H groups in total. The minimum absolute atomic E-state index is 0.0970. The second-order valence-corrected chi connectivity index (χ2v) is 10.2. The first-order valence-corrected chi connectivity index (χ1v) is 12.1. The molecule has 164 valence electrons. The van der Waals surface area contributed by atoms with Gasteiger partial charge in [0.05, 0.1) is 4.90 Å². The zero-order chi connectivity index (χ0) is 21.8. The number of hydrogen-bond donors (Lipinski definition) is 2. The van der Waals surface area contributed by atoms with E-state index in [-0.39, 0.29) is 18.9 Å². The molecule has 1 aromatic rings. The SMILES string of the molecule is Cc1c(C)c(C)c(S(=O)(=O)NCCC(=O)NCCN2CCCC(C)C2)c(C)c1C. The van der Waals surface area contributed by atoms with E-state index in [1.165, 1.54) is 12.8 Å². The molecule has 1 heterocycles. The molecular weight excluding hydrogens is 386 g/mol. The average Bonchev–Trinajstić information content (AvgIpc) is 2.64. The number of rotatable bonds is 8. The first kappa shape index (κ1) is 23.8. The molecule has 1 atom stereocenters. The Kier molecular flexibility index (Phi) is 8.26. The summed E-state index contributed by atoms with van der Waals surface area (Å²) in [6, 6.07) is 0. The minimum atomic E-state index is -3.66. The molecular formula is C22H37N3O3S. The van der Waals surface area contributed by atoms with Crippen LogP contribution in [0.3, 0.4) is 0 Å². The second-order valence-electron chi connectivity index (χ2n) is 8.50. The van der Waals surface area contributed by atoms with E-state index in [2.05, 4.69) is 21.9 Å². The molecule has 1 aliphatic rings. The maximum Gasteiger partial charge on any atom is 0.241 e. The van der Waals surface area contributed by atoms with Gasteiger partial charge < -0.3 is 10.2 Å². The Balaban J connectivity index is 1.86. The molecule has 6 nitrogen and oxygen atoms in total. The lowest BCUT2D eigenvalue weighted by Crippen LogP contribution is -2.40. The van der Waals surface area contributed by atoms with Gasteiger partial charge in [0.25, 0.3) is 0 Å². The molecule has 2 rings (SSSR count). The highest BCUT2D eigenvalue weighted by atomic mass is 32.2. The van der Waals surface area contributed by atoms with Crippen LogP contribution in [0.2, 0.25) is 0 Å². The van der Waals surface area contributed by atoms with Crippen LogP contribution in [0.1, 0.15) is 54.0 Å². The number of carbonyl (C=O) groups is 1. The third kappa shape index (κ3) is 6.03. The van der Waals surface area contributed by atoms with E-state index in [1.807, 2.05) is 34.6 Å². The van der Waals surface area contributed by atoms with E-state index < -0.39 is 10.0 Å². The van der Waals surface area contributed by atoms with Crippen molar-refractivity contribution < 1.29 is 13.2 Å². The van der Waals surface area contributed by atoms with Gasteiger partial charge >= 0.3 is 0 Å². The summed E-state index contributed by atoms with van der Waals surface area (Å²) in [6.07, 6.45) is 2.63. The minimum Gasteiger partial charge on any atom is -0.355 e. The molecule has 1 amide bonds. The van der Waals surface area contributed by atoms with Crippen LogP contribution in [-0.2, 0) is 14.8 Å². The molecule has 0 saturated carbocycles. The first-order chi connectivity index (χ1) is 13.5. The number of amides is 1. The van der Waals surface area contributed by atoms with Crippen LogP contribution in [0.4, 0.5) is 0 Å². The zero-order valence-corrected chi connectivity index (χ0v) is 19.6. The van der Waals surface area contributed by atoms with Gasteiger partial charge in [-0.2, -0.15) is 0 Å². The highest BCUT2D eigenvalue weighted by Gasteiger charge is 2.23. The zero-order valence-electron chi connectivity index (χ0n) is 18.8. The third-order valence-electron chi connectivity index (χ3n) is 6.34. The summed E-state index contributed by atoms with van der Waals surface area (Å²) in [5, 5.41) is 2.90. The van der Waals surface area contributed by atoms with Crippen LogP contribution >= 0.6 is 0 Å². The van der Waals surface area contributed by atoms with E-state index >= 15 is 0 Å². The Morgan fingerprint density at radius 3 is 2.17 bits per heavy atom. The van der Waals surface area contributed by atoms with Crippen LogP contribution in [0.25, 0.3) is 0 Å². The summed E-state index contributed by atoms with van der Waals surface area (Å²) >= 11 is 0. The summed E-state index contributed by atoms with van der Waals surface area (Å²) in [6.45, 7) is 15.6. The quantitative estimate of drug-likeness (QED) is 0.674. The Morgan fingerprint density at radius 1 is 1.00 bits per heavy atom. The average molecular weight is 424 g/mol. The molecule has 0 aliphatic carbocycles. The fourth-order valence-corrected chi connectivity index (χ4v) is 5.80. The van der Waals surface area contributed by atoms with Gasteiger partial charge in [-0.05, 0) is 87.7 Å². The molecule has 1 fully saturated rings. The van der Waals surface area contributed by atoms with E-state index in [0.29, 0.717) is 11.4 Å². The van der Waals surface area contributed by atoms with Gasteiger partial charge in [0.15, 0.2) is 0 Å². The predicted molar refractivity (Wildman–Crippen MR) is 118 cm³/mol. The highest BCUT2D eigenvalue weighted by Crippen LogP contribution is 2.29. The maximum atomic E-state index is 12.9. The highest BCUT2D eigenvalue weighted by molar-refractivity contribution is 7.89. The Bertz CT molecular complexity index is 820. The topological polar surface area (TPSA) is 78.5 Å². The van der Waals surface area contributed by atoms with Gasteiger partial charge in [-0.3, -0.25) is 4.79 Å². The fraction of sp³-hybridized carbons (Fsp3) is 0.682. The molecule has 1 unspecified atom stereocenters. The molecule has 29 heavy (non-hydrogen) atoms. The van der Waals surface area contributed by atoms with Crippen molar-refractivity contribution in [2.75, 3.05) is 32.7 Å². The summed E-state index contributed by atoms with van der Waals surface area (Å²) in [5.41, 5.74) is 4.68. The van der Waals surface area contributed by atoms with Crippen LogP contribution in [0.15, 0.2) is 4.90 Å². The van der Waals surface area contributed by atoms with Gasteiger partial charge in [-0.1, -0.05) is 6.92 Å². The van der Waals surface area contributed by atoms with Gasteiger partial charge in [0.1, 0.15) is 0 Å². The fourth-order valence-electron chi connectivity index (χ4n) is 4.17.